The molecule has 1 aliphatic rings. The van der Waals surface area contributed by atoms with E-state index in [1.54, 1.807) is 6.20 Å². The number of nitrogens with one attached hydrogen (secondary N) is 1. The van der Waals surface area contributed by atoms with Gasteiger partial charge in [-0.25, -0.2) is 0 Å². The molecule has 116 valence electrons. The van der Waals surface area contributed by atoms with Crippen molar-refractivity contribution in [2.75, 3.05) is 27.2 Å². The van der Waals surface area contributed by atoms with Gasteiger partial charge in [0, 0.05) is 37.1 Å². The number of hydrogen-bond acceptors (Lipinski definition) is 3. The molecule has 0 saturated heterocycles. The van der Waals surface area contributed by atoms with Gasteiger partial charge in [-0.3, -0.25) is 9.59 Å². The van der Waals surface area contributed by atoms with E-state index in [2.05, 4.69) is 9.88 Å². The maximum Gasteiger partial charge on any atom is 0.259 e. The number of carbonyl (C=O) groups excluding carboxylic acids is 1. The van der Waals surface area contributed by atoms with Gasteiger partial charge in [-0.1, -0.05) is 12.8 Å². The van der Waals surface area contributed by atoms with Gasteiger partial charge in [0.05, 0.1) is 0 Å². The van der Waals surface area contributed by atoms with Crippen molar-refractivity contribution in [2.45, 2.75) is 38.6 Å². The van der Waals surface area contributed by atoms with Crippen molar-refractivity contribution in [3.8, 4) is 0 Å². The highest BCUT2D eigenvalue weighted by Gasteiger charge is 2.28. The zero-order valence-corrected chi connectivity index (χ0v) is 13.2. The van der Waals surface area contributed by atoms with E-state index >= 15 is 0 Å². The third-order valence-corrected chi connectivity index (χ3v) is 4.10. The van der Waals surface area contributed by atoms with E-state index in [-0.39, 0.29) is 22.9 Å². The third kappa shape index (κ3) is 3.94. The van der Waals surface area contributed by atoms with Gasteiger partial charge < -0.3 is 14.8 Å². The molecule has 5 nitrogen and oxygen atoms in total. The average molecular weight is 291 g/mol. The summed E-state index contributed by atoms with van der Waals surface area (Å²) in [5, 5.41) is 0. The molecule has 1 heterocycles. The Balaban J connectivity index is 2.21. The Morgan fingerprint density at radius 1 is 1.29 bits per heavy atom. The van der Waals surface area contributed by atoms with E-state index < -0.39 is 0 Å². The Hall–Kier alpha value is -1.62. The molecule has 1 fully saturated rings. The van der Waals surface area contributed by atoms with Crippen LogP contribution in [0, 0.1) is 6.92 Å². The molecule has 1 aromatic rings. The molecule has 0 radical (unpaired) electrons. The number of aromatic amines is 1. The van der Waals surface area contributed by atoms with Crippen molar-refractivity contribution in [1.82, 2.24) is 14.8 Å². The van der Waals surface area contributed by atoms with E-state index in [1.165, 1.54) is 18.9 Å². The van der Waals surface area contributed by atoms with Gasteiger partial charge in [0.2, 0.25) is 0 Å². The van der Waals surface area contributed by atoms with Gasteiger partial charge in [0.1, 0.15) is 5.56 Å². The lowest BCUT2D eigenvalue weighted by Crippen LogP contribution is -2.44. The highest BCUT2D eigenvalue weighted by molar-refractivity contribution is 5.94. The molecule has 0 spiro atoms. The highest BCUT2D eigenvalue weighted by atomic mass is 16.2. The predicted molar refractivity (Wildman–Crippen MR) is 83.6 cm³/mol. The lowest BCUT2D eigenvalue weighted by Gasteiger charge is -2.30. The van der Waals surface area contributed by atoms with Crippen LogP contribution in [0.15, 0.2) is 17.1 Å². The second-order valence-corrected chi connectivity index (χ2v) is 6.13. The number of carbonyl (C=O) groups is 1. The van der Waals surface area contributed by atoms with Crippen LogP contribution < -0.4 is 5.43 Å². The average Bonchev–Trinajstić information content (AvgIpc) is 2.92. The Morgan fingerprint density at radius 3 is 2.52 bits per heavy atom. The molecule has 1 aliphatic carbocycles. The number of likely N-dealkylation sites (N-methyl/N-ethyl adjacent to an activating group) is 1. The minimum atomic E-state index is -0.191. The Labute approximate surface area is 126 Å². The molecule has 1 aromatic heterocycles. The molecule has 21 heavy (non-hydrogen) atoms. The molecule has 1 saturated carbocycles. The first-order valence-electron chi connectivity index (χ1n) is 7.64. The first kappa shape index (κ1) is 15.8. The second-order valence-electron chi connectivity index (χ2n) is 6.13. The number of pyridine rings is 1. The van der Waals surface area contributed by atoms with Crippen LogP contribution >= 0.6 is 0 Å². The number of amides is 1. The molecule has 0 bridgehead atoms. The predicted octanol–water partition coefficient (Wildman–Crippen LogP) is 1.63. The fourth-order valence-corrected chi connectivity index (χ4v) is 2.87. The van der Waals surface area contributed by atoms with Crippen LogP contribution in [0.5, 0.6) is 0 Å². The van der Waals surface area contributed by atoms with Crippen LogP contribution in [0.3, 0.4) is 0 Å². The highest BCUT2D eigenvalue weighted by Crippen LogP contribution is 2.24. The van der Waals surface area contributed by atoms with Crippen LogP contribution in [0.25, 0.3) is 0 Å². The summed E-state index contributed by atoms with van der Waals surface area (Å²) >= 11 is 0. The zero-order chi connectivity index (χ0) is 15.4. The fraction of sp³-hybridized carbons (Fsp3) is 0.625. The van der Waals surface area contributed by atoms with Gasteiger partial charge in [0.25, 0.3) is 5.91 Å². The normalized spacial score (nSPS) is 15.6. The monoisotopic (exact) mass is 291 g/mol. The Kier molecular flexibility index (Phi) is 5.17. The van der Waals surface area contributed by atoms with E-state index in [0.29, 0.717) is 6.54 Å². The van der Waals surface area contributed by atoms with Gasteiger partial charge in [-0.2, -0.15) is 0 Å². The van der Waals surface area contributed by atoms with Crippen molar-refractivity contribution in [1.29, 1.82) is 0 Å². The third-order valence-electron chi connectivity index (χ3n) is 4.10. The van der Waals surface area contributed by atoms with E-state index in [0.717, 1.165) is 25.1 Å². The minimum Gasteiger partial charge on any atom is -0.364 e. The largest absolute Gasteiger partial charge is 0.364 e. The van der Waals surface area contributed by atoms with E-state index in [9.17, 15) is 9.59 Å². The van der Waals surface area contributed by atoms with Crippen LogP contribution in [-0.2, 0) is 0 Å². The summed E-state index contributed by atoms with van der Waals surface area (Å²) in [6.45, 7) is 3.30. The summed E-state index contributed by atoms with van der Waals surface area (Å²) in [4.78, 5) is 31.8. The maximum absolute atomic E-state index is 12.8. The number of H-pyrrole nitrogens is 1. The van der Waals surface area contributed by atoms with Crippen molar-refractivity contribution in [3.05, 3.63) is 33.7 Å². The number of nitrogens with zero attached hydrogens (tertiary/aromatic N) is 2. The second kappa shape index (κ2) is 6.89. The van der Waals surface area contributed by atoms with Crippen LogP contribution in [0.1, 0.15) is 41.7 Å². The topological polar surface area (TPSA) is 56.4 Å². The molecule has 0 atom stereocenters. The quantitative estimate of drug-likeness (QED) is 0.897. The van der Waals surface area contributed by atoms with Crippen LogP contribution in [0.4, 0.5) is 0 Å². The van der Waals surface area contributed by atoms with Crippen molar-refractivity contribution < 1.29 is 4.79 Å². The number of rotatable bonds is 5. The number of hydrogen-bond donors (Lipinski definition) is 1. The van der Waals surface area contributed by atoms with Gasteiger partial charge in [-0.05, 0) is 33.9 Å². The van der Waals surface area contributed by atoms with Crippen LogP contribution in [0.2, 0.25) is 0 Å². The van der Waals surface area contributed by atoms with Crippen LogP contribution in [-0.4, -0.2) is 53.9 Å². The molecule has 1 amide bonds. The molecular weight excluding hydrogens is 266 g/mol. The molecule has 0 unspecified atom stereocenters. The molecule has 5 heteroatoms. The van der Waals surface area contributed by atoms with E-state index in [1.807, 2.05) is 25.9 Å². The first-order chi connectivity index (χ1) is 9.99. The smallest absolute Gasteiger partial charge is 0.259 e. The summed E-state index contributed by atoms with van der Waals surface area (Å²) in [5.74, 6) is -0.134. The van der Waals surface area contributed by atoms with Gasteiger partial charge in [-0.15, -0.1) is 0 Å². The lowest BCUT2D eigenvalue weighted by atomic mass is 10.1. The minimum absolute atomic E-state index is 0.134. The standard InChI is InChI=1S/C16H25N3O2/c1-12-10-15(20)14(11-17-12)16(21)19(9-8-18(2)3)13-6-4-5-7-13/h10-11,13H,4-9H2,1-3H3,(H,17,20). The summed E-state index contributed by atoms with van der Waals surface area (Å²) in [6.07, 6.45) is 5.98. The van der Waals surface area contributed by atoms with Crippen molar-refractivity contribution in [3.63, 3.8) is 0 Å². The van der Waals surface area contributed by atoms with E-state index in [4.69, 9.17) is 0 Å². The van der Waals surface area contributed by atoms with Gasteiger partial charge >= 0.3 is 0 Å². The molecule has 1 N–H and O–H groups in total. The number of aryl methyl sites for hydroxylation is 1. The Bertz CT molecular complexity index is 545. The Morgan fingerprint density at radius 2 is 1.95 bits per heavy atom. The molecular formula is C16H25N3O2. The molecule has 2 rings (SSSR count). The zero-order valence-electron chi connectivity index (χ0n) is 13.2. The summed E-state index contributed by atoms with van der Waals surface area (Å²) in [5.41, 5.74) is 0.840. The summed E-state index contributed by atoms with van der Waals surface area (Å²) in [7, 11) is 3.99. The fourth-order valence-electron chi connectivity index (χ4n) is 2.87. The van der Waals surface area contributed by atoms with Crippen molar-refractivity contribution >= 4 is 5.91 Å². The summed E-state index contributed by atoms with van der Waals surface area (Å²) < 4.78 is 0. The lowest BCUT2D eigenvalue weighted by molar-refractivity contribution is 0.0666. The summed E-state index contributed by atoms with van der Waals surface area (Å²) in [6, 6.07) is 1.77. The SMILES string of the molecule is Cc1cc(=O)c(C(=O)N(CCN(C)C)C2CCCC2)c[nH]1. The maximum atomic E-state index is 12.8. The van der Waals surface area contributed by atoms with Crippen molar-refractivity contribution in [2.24, 2.45) is 0 Å². The van der Waals surface area contributed by atoms with Gasteiger partial charge in [0.15, 0.2) is 5.43 Å². The molecule has 0 aliphatic heterocycles. The number of aromatic nitrogens is 1. The molecule has 0 aromatic carbocycles. The first-order valence-corrected chi connectivity index (χ1v) is 7.64.